The van der Waals surface area contributed by atoms with Gasteiger partial charge in [0.1, 0.15) is 6.61 Å². The molecule has 130 valence electrons. The minimum Gasteiger partial charge on any atom is -0.445 e. The molecule has 3 rings (SSSR count). The van der Waals surface area contributed by atoms with Crippen molar-refractivity contribution < 1.29 is 14.3 Å². The molecular formula is C18H20N4O3. The molecule has 1 aromatic carbocycles. The molecule has 1 fully saturated rings. The molecule has 0 unspecified atom stereocenters. The van der Waals surface area contributed by atoms with E-state index < -0.39 is 0 Å². The summed E-state index contributed by atoms with van der Waals surface area (Å²) < 4.78 is 5.33. The second-order valence-electron chi connectivity index (χ2n) is 5.88. The van der Waals surface area contributed by atoms with E-state index in [-0.39, 0.29) is 24.5 Å². The summed E-state index contributed by atoms with van der Waals surface area (Å²) in [4.78, 5) is 34.0. The first-order valence-corrected chi connectivity index (χ1v) is 8.25. The monoisotopic (exact) mass is 340 g/mol. The van der Waals surface area contributed by atoms with E-state index in [4.69, 9.17) is 4.74 Å². The zero-order valence-corrected chi connectivity index (χ0v) is 13.8. The molecule has 0 bridgehead atoms. The topological polar surface area (TPSA) is 84.4 Å². The molecule has 1 saturated heterocycles. The van der Waals surface area contributed by atoms with Crippen LogP contribution in [0.2, 0.25) is 0 Å². The smallest absolute Gasteiger partial charge is 0.410 e. The summed E-state index contributed by atoms with van der Waals surface area (Å²) in [6, 6.07) is 9.56. The van der Waals surface area contributed by atoms with Gasteiger partial charge in [-0.05, 0) is 18.4 Å². The predicted octanol–water partition coefficient (Wildman–Crippen LogP) is 2.46. The molecule has 2 aromatic rings. The third kappa shape index (κ3) is 4.76. The lowest BCUT2D eigenvalue weighted by Crippen LogP contribution is -2.41. The number of ether oxygens (including phenoxy) is 1. The van der Waals surface area contributed by atoms with Crippen molar-refractivity contribution in [2.75, 3.05) is 18.4 Å². The lowest BCUT2D eigenvalue weighted by molar-refractivity contribution is -0.121. The lowest BCUT2D eigenvalue weighted by Gasteiger charge is -2.30. The Morgan fingerprint density at radius 2 is 1.92 bits per heavy atom. The molecule has 2 heterocycles. The summed E-state index contributed by atoms with van der Waals surface area (Å²) in [6.07, 6.45) is 5.46. The van der Waals surface area contributed by atoms with Crippen LogP contribution in [0.15, 0.2) is 48.9 Å². The van der Waals surface area contributed by atoms with Crippen LogP contribution in [0, 0.1) is 5.92 Å². The Kier molecular flexibility index (Phi) is 5.56. The average Bonchev–Trinajstić information content (AvgIpc) is 2.68. The van der Waals surface area contributed by atoms with Crippen LogP contribution in [0.4, 0.5) is 10.6 Å². The van der Waals surface area contributed by atoms with Crippen molar-refractivity contribution in [3.05, 3.63) is 54.5 Å². The van der Waals surface area contributed by atoms with Gasteiger partial charge in [-0.3, -0.25) is 9.78 Å². The Morgan fingerprint density at radius 3 is 2.60 bits per heavy atom. The third-order valence-electron chi connectivity index (χ3n) is 4.14. The predicted molar refractivity (Wildman–Crippen MR) is 91.6 cm³/mol. The number of carbonyl (C=O) groups excluding carboxylic acids is 2. The fourth-order valence-electron chi connectivity index (χ4n) is 2.73. The van der Waals surface area contributed by atoms with Crippen molar-refractivity contribution >= 4 is 17.8 Å². The van der Waals surface area contributed by atoms with Gasteiger partial charge in [0.25, 0.3) is 0 Å². The molecule has 25 heavy (non-hydrogen) atoms. The number of carbonyl (C=O) groups is 2. The fraction of sp³-hybridized carbons (Fsp3) is 0.333. The molecule has 0 aliphatic carbocycles. The van der Waals surface area contributed by atoms with Gasteiger partial charge in [0, 0.05) is 31.4 Å². The number of hydrogen-bond acceptors (Lipinski definition) is 5. The van der Waals surface area contributed by atoms with E-state index in [9.17, 15) is 9.59 Å². The minimum absolute atomic E-state index is 0.0854. The van der Waals surface area contributed by atoms with Crippen LogP contribution in [0.3, 0.4) is 0 Å². The maximum Gasteiger partial charge on any atom is 0.410 e. The standard InChI is InChI=1S/C18H20N4O3/c23-17(21-16-12-19-8-9-20-16)15-6-10-22(11-7-15)18(24)25-13-14-4-2-1-3-5-14/h1-5,8-9,12,15H,6-7,10-11,13H2,(H,20,21,23). The number of nitrogens with one attached hydrogen (secondary N) is 1. The van der Waals surface area contributed by atoms with Crippen molar-refractivity contribution in [1.29, 1.82) is 0 Å². The number of rotatable bonds is 4. The summed E-state index contributed by atoms with van der Waals surface area (Å²) in [5.41, 5.74) is 0.953. The Bertz CT molecular complexity index is 701. The number of aromatic nitrogens is 2. The number of likely N-dealkylation sites (tertiary alicyclic amines) is 1. The van der Waals surface area contributed by atoms with Crippen LogP contribution in [0.25, 0.3) is 0 Å². The highest BCUT2D eigenvalue weighted by molar-refractivity contribution is 5.91. The first-order chi connectivity index (χ1) is 12.2. The first kappa shape index (κ1) is 16.9. The quantitative estimate of drug-likeness (QED) is 0.924. The number of nitrogens with zero attached hydrogens (tertiary/aromatic N) is 3. The molecule has 1 aromatic heterocycles. The Balaban J connectivity index is 1.43. The van der Waals surface area contributed by atoms with E-state index in [1.165, 1.54) is 12.4 Å². The summed E-state index contributed by atoms with van der Waals surface area (Å²) in [5, 5.41) is 2.76. The Labute approximate surface area is 146 Å². The molecule has 1 aliphatic rings. The van der Waals surface area contributed by atoms with E-state index in [1.807, 2.05) is 30.3 Å². The molecule has 1 N–H and O–H groups in total. The van der Waals surface area contributed by atoms with Gasteiger partial charge in [-0.1, -0.05) is 30.3 Å². The van der Waals surface area contributed by atoms with Crippen molar-refractivity contribution in [2.24, 2.45) is 5.92 Å². The van der Waals surface area contributed by atoms with E-state index in [0.29, 0.717) is 31.7 Å². The summed E-state index contributed by atoms with van der Waals surface area (Å²) in [5.74, 6) is 0.218. The number of benzene rings is 1. The molecule has 0 radical (unpaired) electrons. The van der Waals surface area contributed by atoms with Crippen molar-refractivity contribution in [2.45, 2.75) is 19.4 Å². The van der Waals surface area contributed by atoms with Crippen LogP contribution < -0.4 is 5.32 Å². The zero-order chi connectivity index (χ0) is 17.5. The zero-order valence-electron chi connectivity index (χ0n) is 13.8. The molecule has 1 aliphatic heterocycles. The number of hydrogen-bond donors (Lipinski definition) is 1. The van der Waals surface area contributed by atoms with E-state index in [1.54, 1.807) is 11.1 Å². The molecule has 0 spiro atoms. The SMILES string of the molecule is O=C(Nc1cnccn1)C1CCN(C(=O)OCc2ccccc2)CC1. The molecule has 7 heteroatoms. The van der Waals surface area contributed by atoms with Crippen LogP contribution in [0.1, 0.15) is 18.4 Å². The molecular weight excluding hydrogens is 320 g/mol. The van der Waals surface area contributed by atoms with Gasteiger partial charge in [-0.15, -0.1) is 0 Å². The second-order valence-corrected chi connectivity index (χ2v) is 5.88. The van der Waals surface area contributed by atoms with Crippen LogP contribution in [-0.2, 0) is 16.1 Å². The Morgan fingerprint density at radius 1 is 1.16 bits per heavy atom. The highest BCUT2D eigenvalue weighted by atomic mass is 16.6. The van der Waals surface area contributed by atoms with Gasteiger partial charge >= 0.3 is 6.09 Å². The van der Waals surface area contributed by atoms with Crippen LogP contribution in [0.5, 0.6) is 0 Å². The molecule has 7 nitrogen and oxygen atoms in total. The minimum atomic E-state index is -0.336. The first-order valence-electron chi connectivity index (χ1n) is 8.25. The van der Waals surface area contributed by atoms with Crippen LogP contribution in [-0.4, -0.2) is 40.0 Å². The van der Waals surface area contributed by atoms with Crippen molar-refractivity contribution in [3.63, 3.8) is 0 Å². The molecule has 0 saturated carbocycles. The number of amides is 2. The van der Waals surface area contributed by atoms with E-state index >= 15 is 0 Å². The van der Waals surface area contributed by atoms with Gasteiger partial charge in [0.2, 0.25) is 5.91 Å². The van der Waals surface area contributed by atoms with Crippen molar-refractivity contribution in [1.82, 2.24) is 14.9 Å². The maximum absolute atomic E-state index is 12.2. The second kappa shape index (κ2) is 8.23. The fourth-order valence-corrected chi connectivity index (χ4v) is 2.73. The summed E-state index contributed by atoms with van der Waals surface area (Å²) in [6.45, 7) is 1.27. The average molecular weight is 340 g/mol. The molecule has 2 amide bonds. The van der Waals surface area contributed by atoms with Gasteiger partial charge in [0.05, 0.1) is 6.20 Å². The third-order valence-corrected chi connectivity index (χ3v) is 4.14. The van der Waals surface area contributed by atoms with Gasteiger partial charge in [-0.2, -0.15) is 0 Å². The van der Waals surface area contributed by atoms with Crippen molar-refractivity contribution in [3.8, 4) is 0 Å². The summed E-state index contributed by atoms with van der Waals surface area (Å²) in [7, 11) is 0. The normalized spacial score (nSPS) is 14.8. The highest BCUT2D eigenvalue weighted by Crippen LogP contribution is 2.19. The Hall–Kier alpha value is -2.96. The van der Waals surface area contributed by atoms with Crippen LogP contribution >= 0.6 is 0 Å². The number of piperidine rings is 1. The van der Waals surface area contributed by atoms with Gasteiger partial charge in [0.15, 0.2) is 5.82 Å². The summed E-state index contributed by atoms with van der Waals surface area (Å²) >= 11 is 0. The van der Waals surface area contributed by atoms with Gasteiger partial charge < -0.3 is 15.0 Å². The highest BCUT2D eigenvalue weighted by Gasteiger charge is 2.28. The lowest BCUT2D eigenvalue weighted by atomic mass is 9.96. The maximum atomic E-state index is 12.2. The van der Waals surface area contributed by atoms with Gasteiger partial charge in [-0.25, -0.2) is 9.78 Å². The van der Waals surface area contributed by atoms with E-state index in [2.05, 4.69) is 15.3 Å². The van der Waals surface area contributed by atoms with E-state index in [0.717, 1.165) is 5.56 Å². The number of anilines is 1. The molecule has 0 atom stereocenters. The largest absolute Gasteiger partial charge is 0.445 e.